The Bertz CT molecular complexity index is 1280. The van der Waals surface area contributed by atoms with Gasteiger partial charge in [0.1, 0.15) is 34.8 Å². The molecular weight excluding hydrogens is 434 g/mol. The summed E-state index contributed by atoms with van der Waals surface area (Å²) in [5, 5.41) is 21.9. The average Bonchev–Trinajstić information content (AvgIpc) is 3.29. The van der Waals surface area contributed by atoms with E-state index in [9.17, 15) is 19.8 Å². The Hall–Kier alpha value is -3.71. The maximum absolute atomic E-state index is 13.2. The summed E-state index contributed by atoms with van der Waals surface area (Å²) < 4.78 is 11.1. The molecule has 0 spiro atoms. The van der Waals surface area contributed by atoms with Crippen LogP contribution in [0, 0.1) is 13.8 Å². The molecule has 164 valence electrons. The number of para-hydroxylation sites is 2. The number of aliphatic hydroxyl groups is 1. The zero-order valence-electron chi connectivity index (χ0n) is 17.5. The zero-order chi connectivity index (χ0) is 23.2. The summed E-state index contributed by atoms with van der Waals surface area (Å²) in [6, 6.07) is 11.6. The van der Waals surface area contributed by atoms with Crippen LogP contribution in [0.15, 0.2) is 58.5 Å². The molecule has 1 amide bonds. The van der Waals surface area contributed by atoms with Crippen molar-refractivity contribution < 1.29 is 29.0 Å². The van der Waals surface area contributed by atoms with Crippen LogP contribution >= 0.6 is 11.6 Å². The van der Waals surface area contributed by atoms with Gasteiger partial charge >= 0.3 is 0 Å². The van der Waals surface area contributed by atoms with Crippen LogP contribution in [-0.4, -0.2) is 29.0 Å². The lowest BCUT2D eigenvalue weighted by Crippen LogP contribution is -2.29. The number of amides is 1. The molecule has 8 heteroatoms. The number of furan rings is 1. The minimum atomic E-state index is -1.11. The SMILES string of the molecule is COc1c(Cl)cc(C)cc1/C(O)=C1\C(=O)C(=O)N(c2ccccc2O)C1c1ccc(C)o1. The van der Waals surface area contributed by atoms with E-state index in [4.69, 9.17) is 20.8 Å². The van der Waals surface area contributed by atoms with Gasteiger partial charge in [-0.15, -0.1) is 0 Å². The third kappa shape index (κ3) is 3.40. The van der Waals surface area contributed by atoms with Crippen molar-refractivity contribution in [2.75, 3.05) is 12.0 Å². The van der Waals surface area contributed by atoms with Crippen LogP contribution < -0.4 is 9.64 Å². The molecule has 2 heterocycles. The molecule has 32 heavy (non-hydrogen) atoms. The number of methoxy groups -OCH3 is 1. The van der Waals surface area contributed by atoms with Crippen molar-refractivity contribution in [3.8, 4) is 11.5 Å². The Labute approximate surface area is 189 Å². The molecule has 1 unspecified atom stereocenters. The molecule has 1 atom stereocenters. The van der Waals surface area contributed by atoms with Gasteiger partial charge in [0.2, 0.25) is 0 Å². The highest BCUT2D eigenvalue weighted by atomic mass is 35.5. The number of anilines is 1. The number of halogens is 1. The Morgan fingerprint density at radius 1 is 1.12 bits per heavy atom. The van der Waals surface area contributed by atoms with Gasteiger partial charge in [-0.3, -0.25) is 14.5 Å². The van der Waals surface area contributed by atoms with Crippen molar-refractivity contribution in [2.45, 2.75) is 19.9 Å². The van der Waals surface area contributed by atoms with Crippen LogP contribution in [-0.2, 0) is 9.59 Å². The molecule has 3 aromatic rings. The monoisotopic (exact) mass is 453 g/mol. The lowest BCUT2D eigenvalue weighted by Gasteiger charge is -2.24. The second-order valence-corrected chi connectivity index (χ2v) is 7.84. The van der Waals surface area contributed by atoms with Crippen LogP contribution in [0.25, 0.3) is 5.76 Å². The number of aliphatic hydroxyl groups excluding tert-OH is 1. The van der Waals surface area contributed by atoms with Crippen LogP contribution in [0.5, 0.6) is 11.5 Å². The Morgan fingerprint density at radius 3 is 2.47 bits per heavy atom. The third-order valence-corrected chi connectivity index (χ3v) is 5.54. The Morgan fingerprint density at radius 2 is 1.84 bits per heavy atom. The highest BCUT2D eigenvalue weighted by Gasteiger charge is 2.49. The molecule has 2 N–H and O–H groups in total. The van der Waals surface area contributed by atoms with Crippen LogP contribution in [0.1, 0.15) is 28.7 Å². The predicted octanol–water partition coefficient (Wildman–Crippen LogP) is 4.89. The van der Waals surface area contributed by atoms with Gasteiger partial charge in [0, 0.05) is 0 Å². The van der Waals surface area contributed by atoms with Crippen molar-refractivity contribution in [3.63, 3.8) is 0 Å². The molecule has 0 radical (unpaired) electrons. The minimum absolute atomic E-state index is 0.113. The van der Waals surface area contributed by atoms with E-state index in [0.29, 0.717) is 5.76 Å². The summed E-state index contributed by atoms with van der Waals surface area (Å²) in [5.74, 6) is -1.52. The molecule has 4 rings (SSSR count). The number of carbonyl (C=O) groups excluding carboxylic acids is 2. The van der Waals surface area contributed by atoms with E-state index in [-0.39, 0.29) is 39.1 Å². The van der Waals surface area contributed by atoms with Gasteiger partial charge in [-0.2, -0.15) is 0 Å². The van der Waals surface area contributed by atoms with Gasteiger partial charge in [-0.25, -0.2) is 0 Å². The molecule has 2 aromatic carbocycles. The Kier molecular flexibility index (Phi) is 5.44. The first-order valence-electron chi connectivity index (χ1n) is 9.74. The fraction of sp³-hybridized carbons (Fsp3) is 0.167. The largest absolute Gasteiger partial charge is 0.507 e. The summed E-state index contributed by atoms with van der Waals surface area (Å²) in [5.41, 5.74) is 0.799. The standard InChI is InChI=1S/C24H20ClNO6/c1-12-10-14(23(31-3)15(25)11-12)21(28)19-20(18-9-8-13(2)32-18)26(24(30)22(19)29)16-6-4-5-7-17(16)27/h4-11,20,27-28H,1-3H3/b21-19+. The summed E-state index contributed by atoms with van der Waals surface area (Å²) >= 11 is 6.28. The molecule has 1 fully saturated rings. The summed E-state index contributed by atoms with van der Waals surface area (Å²) in [4.78, 5) is 27.4. The first-order chi connectivity index (χ1) is 15.2. The van der Waals surface area contributed by atoms with Crippen molar-refractivity contribution >= 4 is 34.7 Å². The highest BCUT2D eigenvalue weighted by molar-refractivity contribution is 6.52. The second kappa shape index (κ2) is 8.09. The number of nitrogens with zero attached hydrogens (tertiary/aromatic N) is 1. The minimum Gasteiger partial charge on any atom is -0.507 e. The second-order valence-electron chi connectivity index (χ2n) is 7.43. The molecule has 7 nitrogen and oxygen atoms in total. The van der Waals surface area contributed by atoms with Crippen molar-refractivity contribution in [3.05, 3.63) is 81.8 Å². The summed E-state index contributed by atoms with van der Waals surface area (Å²) in [7, 11) is 1.39. The number of phenolic OH excluding ortho intramolecular Hbond substituents is 1. The smallest absolute Gasteiger partial charge is 0.300 e. The Balaban J connectivity index is 2.02. The van der Waals surface area contributed by atoms with Crippen LogP contribution in [0.4, 0.5) is 5.69 Å². The molecule has 0 aliphatic carbocycles. The topological polar surface area (TPSA) is 100 Å². The number of Topliss-reactive ketones (excluding diaryl/α,β-unsaturated/α-hetero) is 1. The van der Waals surface area contributed by atoms with Crippen LogP contribution in [0.2, 0.25) is 5.02 Å². The van der Waals surface area contributed by atoms with Crippen molar-refractivity contribution in [1.82, 2.24) is 0 Å². The number of benzene rings is 2. The van der Waals surface area contributed by atoms with E-state index in [1.54, 1.807) is 50.2 Å². The van der Waals surface area contributed by atoms with Gasteiger partial charge in [0.15, 0.2) is 0 Å². The molecule has 1 aromatic heterocycles. The molecule has 1 aliphatic heterocycles. The summed E-state index contributed by atoms with van der Waals surface area (Å²) in [6.45, 7) is 3.50. The number of hydrogen-bond acceptors (Lipinski definition) is 6. The van der Waals surface area contributed by atoms with Gasteiger partial charge in [-0.1, -0.05) is 23.7 Å². The number of rotatable bonds is 4. The quantitative estimate of drug-likeness (QED) is 0.331. The van der Waals surface area contributed by atoms with Gasteiger partial charge in [0.05, 0.1) is 29.0 Å². The number of phenols is 1. The molecule has 1 saturated heterocycles. The molecule has 1 aliphatic rings. The first-order valence-corrected chi connectivity index (χ1v) is 10.1. The number of hydrogen-bond donors (Lipinski definition) is 2. The fourth-order valence-electron chi connectivity index (χ4n) is 3.88. The third-order valence-electron chi connectivity index (χ3n) is 5.26. The van der Waals surface area contributed by atoms with E-state index >= 15 is 0 Å². The first kappa shape index (κ1) is 21.5. The fourth-order valence-corrected chi connectivity index (χ4v) is 4.23. The normalized spacial score (nSPS) is 17.8. The maximum Gasteiger partial charge on any atom is 0.300 e. The molecule has 0 saturated carbocycles. The molecule has 0 bridgehead atoms. The highest BCUT2D eigenvalue weighted by Crippen LogP contribution is 2.46. The van der Waals surface area contributed by atoms with E-state index in [1.165, 1.54) is 19.2 Å². The van der Waals surface area contributed by atoms with Gasteiger partial charge < -0.3 is 19.4 Å². The van der Waals surface area contributed by atoms with E-state index in [1.807, 2.05) is 0 Å². The number of aryl methyl sites for hydroxylation is 2. The average molecular weight is 454 g/mol. The number of carbonyl (C=O) groups is 2. The maximum atomic E-state index is 13.2. The van der Waals surface area contributed by atoms with E-state index in [2.05, 4.69) is 0 Å². The summed E-state index contributed by atoms with van der Waals surface area (Å²) in [6.07, 6.45) is 0. The van der Waals surface area contributed by atoms with E-state index in [0.717, 1.165) is 10.5 Å². The van der Waals surface area contributed by atoms with E-state index < -0.39 is 23.5 Å². The lowest BCUT2D eigenvalue weighted by molar-refractivity contribution is -0.132. The predicted molar refractivity (Wildman–Crippen MR) is 119 cm³/mol. The lowest BCUT2D eigenvalue weighted by atomic mass is 9.97. The number of ketones is 1. The zero-order valence-corrected chi connectivity index (χ0v) is 18.3. The van der Waals surface area contributed by atoms with Gasteiger partial charge in [0.25, 0.3) is 11.7 Å². The van der Waals surface area contributed by atoms with Crippen molar-refractivity contribution in [2.24, 2.45) is 0 Å². The number of ether oxygens (including phenoxy) is 1. The van der Waals surface area contributed by atoms with Crippen LogP contribution in [0.3, 0.4) is 0 Å². The van der Waals surface area contributed by atoms with Gasteiger partial charge in [-0.05, 0) is 55.8 Å². The van der Waals surface area contributed by atoms with Crippen molar-refractivity contribution in [1.29, 1.82) is 0 Å². The molecular formula is C24H20ClNO6. The number of aromatic hydroxyl groups is 1.